The van der Waals surface area contributed by atoms with Crippen LogP contribution in [0, 0.1) is 0 Å². The van der Waals surface area contributed by atoms with Gasteiger partial charge < -0.3 is 10.1 Å². The van der Waals surface area contributed by atoms with Crippen LogP contribution in [0.4, 0.5) is 11.4 Å². The van der Waals surface area contributed by atoms with Crippen molar-refractivity contribution < 1.29 is 19.1 Å². The molecule has 0 aromatic heterocycles. The van der Waals surface area contributed by atoms with E-state index in [1.54, 1.807) is 36.4 Å². The average Bonchev–Trinajstić information content (AvgIpc) is 2.91. The zero-order valence-electron chi connectivity index (χ0n) is 15.7. The van der Waals surface area contributed by atoms with Gasteiger partial charge in [-0.2, -0.15) is 0 Å². The Balaban J connectivity index is 1.82. The Hall–Kier alpha value is -3.12. The normalized spacial score (nSPS) is 14.1. The van der Waals surface area contributed by atoms with Gasteiger partial charge in [-0.05, 0) is 47.9 Å². The fourth-order valence-electron chi connectivity index (χ4n) is 2.81. The van der Waals surface area contributed by atoms with Gasteiger partial charge in [0, 0.05) is 5.69 Å². The Kier molecular flexibility index (Phi) is 5.51. The third kappa shape index (κ3) is 3.64. The van der Waals surface area contributed by atoms with Crippen molar-refractivity contribution in [1.29, 1.82) is 0 Å². The number of halogens is 1. The van der Waals surface area contributed by atoms with Crippen LogP contribution in [-0.2, 0) is 14.3 Å². The van der Waals surface area contributed by atoms with E-state index in [4.69, 9.17) is 11.6 Å². The minimum Gasteiger partial charge on any atom is -0.465 e. The highest BCUT2D eigenvalue weighted by atomic mass is 35.5. The lowest BCUT2D eigenvalue weighted by molar-refractivity contribution is -0.120. The molecule has 1 aliphatic heterocycles. The standard InChI is InChI=1S/C21H19ClN2O4/c1-12(2)13-6-10-16(11-7-13)24-19(25)17(22)18(20(24)26)23-15-8-4-14(5-9-15)21(27)28-3/h4-12,23H,1-3H3. The molecule has 3 rings (SSSR count). The number of hydrogen-bond donors (Lipinski definition) is 1. The molecule has 6 nitrogen and oxygen atoms in total. The molecule has 1 heterocycles. The van der Waals surface area contributed by atoms with Crippen molar-refractivity contribution in [1.82, 2.24) is 0 Å². The molecule has 0 aliphatic carbocycles. The van der Waals surface area contributed by atoms with Gasteiger partial charge in [-0.25, -0.2) is 9.69 Å². The Morgan fingerprint density at radius 1 is 1.00 bits per heavy atom. The van der Waals surface area contributed by atoms with Crippen LogP contribution in [0.5, 0.6) is 0 Å². The summed E-state index contributed by atoms with van der Waals surface area (Å²) < 4.78 is 4.65. The van der Waals surface area contributed by atoms with Gasteiger partial charge in [-0.3, -0.25) is 9.59 Å². The molecule has 0 spiro atoms. The first-order valence-electron chi connectivity index (χ1n) is 8.67. The zero-order valence-corrected chi connectivity index (χ0v) is 16.4. The molecule has 0 radical (unpaired) electrons. The van der Waals surface area contributed by atoms with E-state index in [1.807, 2.05) is 12.1 Å². The highest BCUT2D eigenvalue weighted by Crippen LogP contribution is 2.31. The van der Waals surface area contributed by atoms with Gasteiger partial charge in [0.15, 0.2) is 0 Å². The Bertz CT molecular complexity index is 963. The molecule has 28 heavy (non-hydrogen) atoms. The average molecular weight is 399 g/mol. The molecule has 0 fully saturated rings. The molecule has 0 saturated carbocycles. The third-order valence-electron chi connectivity index (χ3n) is 4.42. The Morgan fingerprint density at radius 2 is 1.61 bits per heavy atom. The van der Waals surface area contributed by atoms with Gasteiger partial charge in [0.1, 0.15) is 10.7 Å². The van der Waals surface area contributed by atoms with Gasteiger partial charge in [-0.15, -0.1) is 0 Å². The van der Waals surface area contributed by atoms with Crippen LogP contribution in [0.2, 0.25) is 0 Å². The minimum atomic E-state index is -0.586. The maximum absolute atomic E-state index is 12.8. The number of rotatable bonds is 5. The number of methoxy groups -OCH3 is 1. The van der Waals surface area contributed by atoms with Crippen molar-refractivity contribution in [3.8, 4) is 0 Å². The van der Waals surface area contributed by atoms with E-state index in [1.165, 1.54) is 7.11 Å². The van der Waals surface area contributed by atoms with Crippen LogP contribution in [0.3, 0.4) is 0 Å². The van der Waals surface area contributed by atoms with E-state index in [-0.39, 0.29) is 10.7 Å². The van der Waals surface area contributed by atoms with Crippen LogP contribution in [-0.4, -0.2) is 24.9 Å². The Labute approximate surface area is 167 Å². The SMILES string of the molecule is COC(=O)c1ccc(NC2=C(Cl)C(=O)N(c3ccc(C(C)C)cc3)C2=O)cc1. The molecule has 2 aromatic rings. The Morgan fingerprint density at radius 3 is 2.14 bits per heavy atom. The molecule has 0 unspecified atom stereocenters. The molecule has 2 aromatic carbocycles. The minimum absolute atomic E-state index is 0.00887. The molecule has 7 heteroatoms. The van der Waals surface area contributed by atoms with Crippen LogP contribution >= 0.6 is 11.6 Å². The van der Waals surface area contributed by atoms with E-state index < -0.39 is 17.8 Å². The summed E-state index contributed by atoms with van der Waals surface area (Å²) in [5, 5.41) is 2.68. The number of amides is 2. The monoisotopic (exact) mass is 398 g/mol. The molecule has 0 atom stereocenters. The van der Waals surface area contributed by atoms with Crippen LogP contribution in [0.1, 0.15) is 35.7 Å². The van der Waals surface area contributed by atoms with Gasteiger partial charge >= 0.3 is 5.97 Å². The fraction of sp³-hybridized carbons (Fsp3) is 0.190. The lowest BCUT2D eigenvalue weighted by Crippen LogP contribution is -2.32. The lowest BCUT2D eigenvalue weighted by atomic mass is 10.0. The third-order valence-corrected chi connectivity index (χ3v) is 4.77. The van der Waals surface area contributed by atoms with Crippen molar-refractivity contribution in [3.63, 3.8) is 0 Å². The summed E-state index contributed by atoms with van der Waals surface area (Å²) in [5.41, 5.74) is 2.43. The van der Waals surface area contributed by atoms with Crippen molar-refractivity contribution in [2.24, 2.45) is 0 Å². The highest BCUT2D eigenvalue weighted by molar-refractivity contribution is 6.53. The van der Waals surface area contributed by atoms with E-state index in [9.17, 15) is 14.4 Å². The molecule has 1 aliphatic rings. The lowest BCUT2D eigenvalue weighted by Gasteiger charge is -2.16. The van der Waals surface area contributed by atoms with E-state index in [2.05, 4.69) is 23.9 Å². The molecule has 2 amide bonds. The molecular formula is C21H19ClN2O4. The number of ether oxygens (including phenoxy) is 1. The molecular weight excluding hydrogens is 380 g/mol. The number of hydrogen-bond acceptors (Lipinski definition) is 5. The number of esters is 1. The highest BCUT2D eigenvalue weighted by Gasteiger charge is 2.38. The first-order valence-corrected chi connectivity index (χ1v) is 9.05. The second-order valence-corrected chi connectivity index (χ2v) is 6.95. The topological polar surface area (TPSA) is 75.7 Å². The van der Waals surface area contributed by atoms with Crippen molar-refractivity contribution in [2.75, 3.05) is 17.3 Å². The zero-order chi connectivity index (χ0) is 20.4. The van der Waals surface area contributed by atoms with Crippen LogP contribution in [0.15, 0.2) is 59.3 Å². The number of nitrogens with zero attached hydrogens (tertiary/aromatic N) is 1. The number of carbonyl (C=O) groups excluding carboxylic acids is 3. The second kappa shape index (κ2) is 7.86. The predicted molar refractivity (Wildman–Crippen MR) is 107 cm³/mol. The smallest absolute Gasteiger partial charge is 0.337 e. The van der Waals surface area contributed by atoms with Gasteiger partial charge in [-0.1, -0.05) is 37.6 Å². The van der Waals surface area contributed by atoms with Crippen molar-refractivity contribution >= 4 is 40.8 Å². The van der Waals surface area contributed by atoms with Crippen molar-refractivity contribution in [3.05, 3.63) is 70.4 Å². The number of carbonyl (C=O) groups is 3. The van der Waals surface area contributed by atoms with Crippen molar-refractivity contribution in [2.45, 2.75) is 19.8 Å². The van der Waals surface area contributed by atoms with Gasteiger partial charge in [0.05, 0.1) is 18.4 Å². The molecule has 1 N–H and O–H groups in total. The first-order chi connectivity index (χ1) is 13.3. The summed E-state index contributed by atoms with van der Waals surface area (Å²) in [6.07, 6.45) is 0. The predicted octanol–water partition coefficient (Wildman–Crippen LogP) is 4.03. The summed E-state index contributed by atoms with van der Waals surface area (Å²) >= 11 is 6.13. The fourth-order valence-corrected chi connectivity index (χ4v) is 3.02. The summed E-state index contributed by atoms with van der Waals surface area (Å²) in [7, 11) is 1.30. The summed E-state index contributed by atoms with van der Waals surface area (Å²) in [6, 6.07) is 13.5. The number of imide groups is 1. The quantitative estimate of drug-likeness (QED) is 0.607. The van der Waals surface area contributed by atoms with E-state index in [0.717, 1.165) is 10.5 Å². The van der Waals surface area contributed by atoms with Gasteiger partial charge in [0.2, 0.25) is 0 Å². The maximum Gasteiger partial charge on any atom is 0.337 e. The summed E-state index contributed by atoms with van der Waals surface area (Å²) in [6.45, 7) is 4.13. The second-order valence-electron chi connectivity index (χ2n) is 6.57. The first kappa shape index (κ1) is 19.6. The summed E-state index contributed by atoms with van der Waals surface area (Å²) in [5.74, 6) is -1.25. The number of nitrogens with one attached hydrogen (secondary N) is 1. The number of benzene rings is 2. The van der Waals surface area contributed by atoms with Gasteiger partial charge in [0.25, 0.3) is 11.8 Å². The maximum atomic E-state index is 12.8. The molecule has 144 valence electrons. The molecule has 0 saturated heterocycles. The van der Waals surface area contributed by atoms with Crippen LogP contribution < -0.4 is 10.2 Å². The number of anilines is 2. The summed E-state index contributed by atoms with van der Waals surface area (Å²) in [4.78, 5) is 37.9. The van der Waals surface area contributed by atoms with E-state index >= 15 is 0 Å². The largest absolute Gasteiger partial charge is 0.465 e. The molecule has 0 bridgehead atoms. The van der Waals surface area contributed by atoms with Crippen LogP contribution in [0.25, 0.3) is 0 Å². The van der Waals surface area contributed by atoms with E-state index in [0.29, 0.717) is 22.9 Å².